The van der Waals surface area contributed by atoms with Gasteiger partial charge in [0.1, 0.15) is 5.75 Å². The molecule has 0 radical (unpaired) electrons. The fourth-order valence-corrected chi connectivity index (χ4v) is 3.09. The molecule has 0 saturated carbocycles. The van der Waals surface area contributed by atoms with E-state index in [2.05, 4.69) is 24.3 Å². The van der Waals surface area contributed by atoms with Gasteiger partial charge in [0.2, 0.25) is 0 Å². The number of hydrogen-bond donors (Lipinski definition) is 2. The second kappa shape index (κ2) is 9.78. The Balaban J connectivity index is 1.76. The number of aliphatic hydroxyl groups is 1. The van der Waals surface area contributed by atoms with E-state index in [9.17, 15) is 4.79 Å². The molecule has 0 bridgehead atoms. The van der Waals surface area contributed by atoms with Gasteiger partial charge in [-0.25, -0.2) is 0 Å². The number of aryl methyl sites for hydroxylation is 1. The zero-order valence-electron chi connectivity index (χ0n) is 17.4. The predicted octanol–water partition coefficient (Wildman–Crippen LogP) is 4.67. The fraction of sp³-hybridized carbons (Fsp3) is 0.304. The highest BCUT2D eigenvalue weighted by Gasteiger charge is 2.15. The first-order chi connectivity index (χ1) is 14.4. The summed E-state index contributed by atoms with van der Waals surface area (Å²) in [6, 6.07) is 14.3. The molecule has 2 aromatic carbocycles. The third-order valence-corrected chi connectivity index (χ3v) is 4.76. The van der Waals surface area contributed by atoms with E-state index in [-0.39, 0.29) is 12.5 Å². The van der Waals surface area contributed by atoms with Crippen LogP contribution in [0.25, 0.3) is 0 Å². The van der Waals surface area contributed by atoms with E-state index >= 15 is 0 Å². The van der Waals surface area contributed by atoms with Gasteiger partial charge in [-0.3, -0.25) is 9.48 Å². The minimum atomic E-state index is -0.295. The predicted molar refractivity (Wildman–Crippen MR) is 118 cm³/mol. The average Bonchev–Trinajstić information content (AvgIpc) is 3.08. The van der Waals surface area contributed by atoms with Gasteiger partial charge in [-0.15, -0.1) is 0 Å². The molecular formula is C23H26ClN3O3. The van der Waals surface area contributed by atoms with Crippen LogP contribution in [0.5, 0.6) is 5.75 Å². The molecule has 7 heteroatoms. The maximum atomic E-state index is 12.6. The standard InChI is InChI=1S/C23H26ClN3O3/c1-15(2)14-30-22-9-6-19(24)11-18(22)12-27-16(3)10-21(26-27)23(29)25-20-7-4-17(13-28)5-8-20/h4-11,15,28H,12-14H2,1-3H3,(H,25,29). The van der Waals surface area contributed by atoms with E-state index < -0.39 is 0 Å². The van der Waals surface area contributed by atoms with Crippen LogP contribution < -0.4 is 10.1 Å². The van der Waals surface area contributed by atoms with Gasteiger partial charge in [0.25, 0.3) is 5.91 Å². The smallest absolute Gasteiger partial charge is 0.276 e. The zero-order chi connectivity index (χ0) is 21.7. The summed E-state index contributed by atoms with van der Waals surface area (Å²) in [5.74, 6) is 0.871. The lowest BCUT2D eigenvalue weighted by Crippen LogP contribution is -2.14. The van der Waals surface area contributed by atoms with Gasteiger partial charge >= 0.3 is 0 Å². The molecule has 0 atom stereocenters. The van der Waals surface area contributed by atoms with Gasteiger partial charge in [0, 0.05) is 22.0 Å². The van der Waals surface area contributed by atoms with Crippen molar-refractivity contribution in [3.8, 4) is 5.75 Å². The van der Waals surface area contributed by atoms with Gasteiger partial charge in [-0.2, -0.15) is 5.10 Å². The van der Waals surface area contributed by atoms with E-state index in [1.54, 1.807) is 41.1 Å². The second-order valence-electron chi connectivity index (χ2n) is 7.59. The van der Waals surface area contributed by atoms with E-state index in [1.165, 1.54) is 0 Å². The molecule has 6 nitrogen and oxygen atoms in total. The van der Waals surface area contributed by atoms with E-state index in [1.807, 2.05) is 19.1 Å². The van der Waals surface area contributed by atoms with Crippen LogP contribution in [0, 0.1) is 12.8 Å². The molecule has 0 unspecified atom stereocenters. The number of aliphatic hydroxyl groups excluding tert-OH is 1. The van der Waals surface area contributed by atoms with E-state index in [4.69, 9.17) is 21.4 Å². The molecule has 0 spiro atoms. The van der Waals surface area contributed by atoms with Crippen LogP contribution in [-0.4, -0.2) is 27.4 Å². The van der Waals surface area contributed by atoms with Gasteiger partial charge < -0.3 is 15.2 Å². The molecule has 3 aromatic rings. The van der Waals surface area contributed by atoms with Crippen LogP contribution >= 0.6 is 11.6 Å². The molecule has 1 aromatic heterocycles. The number of halogens is 1. The van der Waals surface area contributed by atoms with Crippen molar-refractivity contribution >= 4 is 23.2 Å². The molecule has 3 rings (SSSR count). The minimum absolute atomic E-state index is 0.0375. The number of carbonyl (C=O) groups is 1. The Bertz CT molecular complexity index is 1010. The molecule has 0 aliphatic rings. The normalized spacial score (nSPS) is 11.0. The number of aromatic nitrogens is 2. The third-order valence-electron chi connectivity index (χ3n) is 4.52. The molecule has 1 amide bonds. The lowest BCUT2D eigenvalue weighted by molar-refractivity contribution is 0.102. The lowest BCUT2D eigenvalue weighted by atomic mass is 10.2. The van der Waals surface area contributed by atoms with Crippen molar-refractivity contribution in [1.82, 2.24) is 9.78 Å². The number of anilines is 1. The first-order valence-electron chi connectivity index (χ1n) is 9.82. The topological polar surface area (TPSA) is 76.4 Å². The van der Waals surface area contributed by atoms with E-state index in [0.29, 0.717) is 35.5 Å². The van der Waals surface area contributed by atoms with Crippen LogP contribution in [0.1, 0.15) is 41.2 Å². The van der Waals surface area contributed by atoms with Gasteiger partial charge in [0.05, 0.1) is 19.8 Å². The maximum Gasteiger partial charge on any atom is 0.276 e. The van der Waals surface area contributed by atoms with Gasteiger partial charge in [-0.05, 0) is 54.8 Å². The number of nitrogens with one attached hydrogen (secondary N) is 1. The zero-order valence-corrected chi connectivity index (χ0v) is 18.1. The minimum Gasteiger partial charge on any atom is -0.493 e. The molecule has 0 aliphatic carbocycles. The molecule has 2 N–H and O–H groups in total. The number of carbonyl (C=O) groups excluding carboxylic acids is 1. The highest BCUT2D eigenvalue weighted by Crippen LogP contribution is 2.25. The van der Waals surface area contributed by atoms with Gasteiger partial charge in [0.15, 0.2) is 5.69 Å². The fourth-order valence-electron chi connectivity index (χ4n) is 2.90. The summed E-state index contributed by atoms with van der Waals surface area (Å²) in [6.07, 6.45) is 0. The summed E-state index contributed by atoms with van der Waals surface area (Å²) in [6.45, 7) is 7.10. The second-order valence-corrected chi connectivity index (χ2v) is 8.03. The molecule has 0 saturated heterocycles. The highest BCUT2D eigenvalue weighted by atomic mass is 35.5. The molecule has 0 fully saturated rings. The Morgan fingerprint density at radius 2 is 1.93 bits per heavy atom. The summed E-state index contributed by atoms with van der Waals surface area (Å²) < 4.78 is 7.68. The van der Waals surface area contributed by atoms with Crippen LogP contribution in [0.15, 0.2) is 48.5 Å². The van der Waals surface area contributed by atoms with Crippen molar-refractivity contribution in [2.24, 2.45) is 5.92 Å². The molecule has 1 heterocycles. The van der Waals surface area contributed by atoms with Crippen LogP contribution in [0.3, 0.4) is 0 Å². The number of benzene rings is 2. The molecular weight excluding hydrogens is 402 g/mol. The van der Waals surface area contributed by atoms with Crippen molar-refractivity contribution in [2.75, 3.05) is 11.9 Å². The number of rotatable bonds is 8. The largest absolute Gasteiger partial charge is 0.493 e. The Kier molecular flexibility index (Phi) is 7.13. The Morgan fingerprint density at radius 3 is 2.60 bits per heavy atom. The molecule has 30 heavy (non-hydrogen) atoms. The quantitative estimate of drug-likeness (QED) is 0.547. The number of amides is 1. The van der Waals surface area contributed by atoms with Crippen molar-refractivity contribution in [3.63, 3.8) is 0 Å². The first-order valence-corrected chi connectivity index (χ1v) is 10.2. The summed E-state index contributed by atoms with van der Waals surface area (Å²) >= 11 is 6.19. The molecule has 158 valence electrons. The summed E-state index contributed by atoms with van der Waals surface area (Å²) in [5, 5.41) is 17.0. The average molecular weight is 428 g/mol. The number of hydrogen-bond acceptors (Lipinski definition) is 4. The van der Waals surface area contributed by atoms with Gasteiger partial charge in [-0.1, -0.05) is 37.6 Å². The van der Waals surface area contributed by atoms with Crippen molar-refractivity contribution in [1.29, 1.82) is 0 Å². The van der Waals surface area contributed by atoms with Crippen molar-refractivity contribution < 1.29 is 14.6 Å². The van der Waals surface area contributed by atoms with Crippen LogP contribution in [0.2, 0.25) is 5.02 Å². The Labute approximate surface area is 181 Å². The lowest BCUT2D eigenvalue weighted by Gasteiger charge is -2.14. The Hall–Kier alpha value is -2.83. The van der Waals surface area contributed by atoms with Crippen LogP contribution in [0.4, 0.5) is 5.69 Å². The van der Waals surface area contributed by atoms with Crippen molar-refractivity contribution in [2.45, 2.75) is 33.9 Å². The van der Waals surface area contributed by atoms with Crippen molar-refractivity contribution in [3.05, 3.63) is 76.1 Å². The third kappa shape index (κ3) is 5.62. The number of ether oxygens (including phenoxy) is 1. The van der Waals surface area contributed by atoms with E-state index in [0.717, 1.165) is 22.6 Å². The summed E-state index contributed by atoms with van der Waals surface area (Å²) in [5.41, 5.74) is 3.51. The van der Waals surface area contributed by atoms with Crippen LogP contribution in [-0.2, 0) is 13.2 Å². The summed E-state index contributed by atoms with van der Waals surface area (Å²) in [7, 11) is 0. The summed E-state index contributed by atoms with van der Waals surface area (Å²) in [4.78, 5) is 12.6. The highest BCUT2D eigenvalue weighted by molar-refractivity contribution is 6.30. The number of nitrogens with zero attached hydrogens (tertiary/aromatic N) is 2. The SMILES string of the molecule is Cc1cc(C(=O)Nc2ccc(CO)cc2)nn1Cc1cc(Cl)ccc1OCC(C)C. The first kappa shape index (κ1) is 21.9. The molecule has 0 aliphatic heterocycles. The Morgan fingerprint density at radius 1 is 1.20 bits per heavy atom. The monoisotopic (exact) mass is 427 g/mol. The maximum absolute atomic E-state index is 12.6.